The number of alkyl halides is 2. The molecule has 0 fully saturated rings. The van der Waals surface area contributed by atoms with Crippen molar-refractivity contribution in [1.82, 2.24) is 0 Å². The molecule has 1 aromatic carbocycles. The van der Waals surface area contributed by atoms with E-state index in [1.807, 2.05) is 27.7 Å². The van der Waals surface area contributed by atoms with Crippen LogP contribution < -0.4 is 0 Å². The van der Waals surface area contributed by atoms with Gasteiger partial charge >= 0.3 is 0 Å². The third-order valence-corrected chi connectivity index (χ3v) is 1.49. The summed E-state index contributed by atoms with van der Waals surface area (Å²) in [6.45, 7) is 8.00. The minimum atomic E-state index is -2.79. The first kappa shape index (κ1) is 16.0. The Balaban J connectivity index is 0. The van der Waals surface area contributed by atoms with Gasteiger partial charge in [-0.3, -0.25) is 0 Å². The Bertz CT molecular complexity index is 204. The lowest BCUT2D eigenvalue weighted by Gasteiger charge is -2.08. The van der Waals surface area contributed by atoms with Gasteiger partial charge in [-0.2, -0.15) is 8.78 Å². The maximum absolute atomic E-state index is 12.4. The van der Waals surface area contributed by atoms with Gasteiger partial charge in [-0.05, 0) is 0 Å². The highest BCUT2D eigenvalue weighted by atomic mass is 31.0. The quantitative estimate of drug-likeness (QED) is 0.603. The zero-order valence-electron chi connectivity index (χ0n) is 9.22. The molecule has 1 aromatic rings. The summed E-state index contributed by atoms with van der Waals surface area (Å²) in [7, 11) is 1.50. The fourth-order valence-corrected chi connectivity index (χ4v) is 0.853. The van der Waals surface area contributed by atoms with Gasteiger partial charge in [0, 0.05) is 5.56 Å². The zero-order valence-corrected chi connectivity index (χ0v) is 10.4. The van der Waals surface area contributed by atoms with Crippen LogP contribution in [-0.4, -0.2) is 0 Å². The topological polar surface area (TPSA) is 0 Å². The molecule has 0 saturated heterocycles. The van der Waals surface area contributed by atoms with Gasteiger partial charge in [-0.1, -0.05) is 67.3 Å². The van der Waals surface area contributed by atoms with E-state index in [0.717, 1.165) is 0 Å². The summed E-state index contributed by atoms with van der Waals surface area (Å²) in [5.41, 5.74) is -2.76. The molecule has 0 aliphatic carbocycles. The molecule has 3 heteroatoms. The molecular formula is C11H19F2P. The fraction of sp³-hybridized carbons (Fsp3) is 0.455. The third kappa shape index (κ3) is 6.97. The minimum absolute atomic E-state index is 0.0278. The van der Waals surface area contributed by atoms with Gasteiger partial charge in [0.15, 0.2) is 0 Å². The molecule has 0 bridgehead atoms. The molecule has 1 rings (SSSR count). The molecule has 0 aliphatic rings. The standard InChI is InChI=1S/C7H7F2P.2C2H6/c8-7(9,10)6-4-2-1-3-5-6;2*1-2/h1-5H,10H2;2*1-2H3. The number of halogens is 2. The van der Waals surface area contributed by atoms with Crippen molar-refractivity contribution >= 4 is 9.24 Å². The van der Waals surface area contributed by atoms with Crippen molar-refractivity contribution in [2.75, 3.05) is 0 Å². The van der Waals surface area contributed by atoms with Crippen molar-refractivity contribution in [3.05, 3.63) is 35.9 Å². The Morgan fingerprint density at radius 3 is 1.50 bits per heavy atom. The number of hydrogen-bond acceptors (Lipinski definition) is 0. The minimum Gasteiger partial charge on any atom is -0.197 e. The van der Waals surface area contributed by atoms with Gasteiger partial charge in [0.1, 0.15) is 0 Å². The molecule has 0 amide bonds. The first-order valence-corrected chi connectivity index (χ1v) is 5.40. The van der Waals surface area contributed by atoms with Gasteiger partial charge < -0.3 is 0 Å². The van der Waals surface area contributed by atoms with Gasteiger partial charge in [-0.15, -0.1) is 0 Å². The molecule has 14 heavy (non-hydrogen) atoms. The van der Waals surface area contributed by atoms with Crippen LogP contribution in [-0.2, 0) is 5.66 Å². The largest absolute Gasteiger partial charge is 0.283 e. The molecule has 0 N–H and O–H groups in total. The van der Waals surface area contributed by atoms with Crippen molar-refractivity contribution < 1.29 is 8.78 Å². The van der Waals surface area contributed by atoms with E-state index in [2.05, 4.69) is 0 Å². The molecule has 0 nitrogen and oxygen atoms in total. The average Bonchev–Trinajstić information content (AvgIpc) is 2.24. The van der Waals surface area contributed by atoms with Crippen LogP contribution in [0.2, 0.25) is 0 Å². The highest BCUT2D eigenvalue weighted by molar-refractivity contribution is 7.17. The molecule has 1 unspecified atom stereocenters. The normalized spacial score (nSPS) is 9.07. The lowest BCUT2D eigenvalue weighted by molar-refractivity contribution is 0.104. The number of rotatable bonds is 1. The van der Waals surface area contributed by atoms with E-state index in [9.17, 15) is 8.78 Å². The smallest absolute Gasteiger partial charge is 0.197 e. The summed E-state index contributed by atoms with van der Waals surface area (Å²) in [6, 6.07) is 7.68. The second-order valence-corrected chi connectivity index (χ2v) is 2.71. The Hall–Kier alpha value is -0.490. The van der Waals surface area contributed by atoms with E-state index < -0.39 is 5.66 Å². The van der Waals surface area contributed by atoms with Gasteiger partial charge in [0.05, 0.1) is 0 Å². The maximum Gasteiger partial charge on any atom is 0.283 e. The van der Waals surface area contributed by atoms with Crippen LogP contribution in [0.5, 0.6) is 0 Å². The predicted molar refractivity (Wildman–Crippen MR) is 62.7 cm³/mol. The highest BCUT2D eigenvalue weighted by Crippen LogP contribution is 2.33. The van der Waals surface area contributed by atoms with E-state index in [1.54, 1.807) is 18.2 Å². The molecule has 0 radical (unpaired) electrons. The van der Waals surface area contributed by atoms with Crippen molar-refractivity contribution in [3.63, 3.8) is 0 Å². The molecule has 0 aromatic heterocycles. The number of hydrogen-bond donors (Lipinski definition) is 0. The average molecular weight is 220 g/mol. The number of benzene rings is 1. The second-order valence-electron chi connectivity index (χ2n) is 1.99. The van der Waals surface area contributed by atoms with Crippen LogP contribution in [0.1, 0.15) is 33.3 Å². The molecule has 82 valence electrons. The van der Waals surface area contributed by atoms with Crippen LogP contribution in [0.15, 0.2) is 30.3 Å². The van der Waals surface area contributed by atoms with E-state index >= 15 is 0 Å². The third-order valence-electron chi connectivity index (χ3n) is 1.16. The lowest BCUT2D eigenvalue weighted by Crippen LogP contribution is -2.00. The van der Waals surface area contributed by atoms with Crippen molar-refractivity contribution in [2.24, 2.45) is 0 Å². The summed E-state index contributed by atoms with van der Waals surface area (Å²) in [4.78, 5) is 0. The van der Waals surface area contributed by atoms with E-state index in [4.69, 9.17) is 0 Å². The predicted octanol–water partition coefficient (Wildman–Crippen LogP) is 4.66. The molecule has 0 saturated carbocycles. The van der Waals surface area contributed by atoms with Gasteiger partial charge in [-0.25, -0.2) is 0 Å². The summed E-state index contributed by atoms with van der Waals surface area (Å²) >= 11 is 0. The van der Waals surface area contributed by atoms with Gasteiger partial charge in [0.2, 0.25) is 0 Å². The molecular weight excluding hydrogens is 201 g/mol. The van der Waals surface area contributed by atoms with Crippen molar-refractivity contribution in [3.8, 4) is 0 Å². The van der Waals surface area contributed by atoms with Crippen LogP contribution in [0.25, 0.3) is 0 Å². The van der Waals surface area contributed by atoms with Crippen LogP contribution in [0, 0.1) is 0 Å². The molecule has 0 spiro atoms. The fourth-order valence-electron chi connectivity index (χ4n) is 0.660. The van der Waals surface area contributed by atoms with Crippen molar-refractivity contribution in [2.45, 2.75) is 33.4 Å². The second kappa shape index (κ2) is 9.08. The van der Waals surface area contributed by atoms with Crippen molar-refractivity contribution in [1.29, 1.82) is 0 Å². The molecule has 0 heterocycles. The Morgan fingerprint density at radius 2 is 1.29 bits per heavy atom. The Labute approximate surface area is 87.9 Å². The van der Waals surface area contributed by atoms with Gasteiger partial charge in [0.25, 0.3) is 5.66 Å². The summed E-state index contributed by atoms with van der Waals surface area (Å²) in [6.07, 6.45) is 0. The Morgan fingerprint density at radius 1 is 0.929 bits per heavy atom. The summed E-state index contributed by atoms with van der Waals surface area (Å²) in [5.74, 6) is 0. The van der Waals surface area contributed by atoms with E-state index in [1.165, 1.54) is 21.4 Å². The highest BCUT2D eigenvalue weighted by Gasteiger charge is 2.23. The first-order chi connectivity index (χ1) is 6.61. The summed E-state index contributed by atoms with van der Waals surface area (Å²) < 4.78 is 24.8. The lowest BCUT2D eigenvalue weighted by atomic mass is 10.2. The molecule has 0 aliphatic heterocycles. The summed E-state index contributed by atoms with van der Waals surface area (Å²) in [5, 5.41) is 0. The van der Waals surface area contributed by atoms with Crippen LogP contribution in [0.4, 0.5) is 8.78 Å². The van der Waals surface area contributed by atoms with Crippen LogP contribution >= 0.6 is 9.24 Å². The van der Waals surface area contributed by atoms with Crippen LogP contribution in [0.3, 0.4) is 0 Å². The van der Waals surface area contributed by atoms with E-state index in [0.29, 0.717) is 0 Å². The Kier molecular flexibility index (Phi) is 10.4. The van der Waals surface area contributed by atoms with E-state index in [-0.39, 0.29) is 5.56 Å². The maximum atomic E-state index is 12.4. The molecule has 1 atom stereocenters. The monoisotopic (exact) mass is 220 g/mol. The first-order valence-electron chi connectivity index (χ1n) is 4.83. The SMILES string of the molecule is CC.CC.FC(F)(P)c1ccccc1. The zero-order chi connectivity index (χ0) is 11.6.